The van der Waals surface area contributed by atoms with E-state index < -0.39 is 0 Å². The first kappa shape index (κ1) is 17.9. The summed E-state index contributed by atoms with van der Waals surface area (Å²) in [4.78, 5) is 20.4. The van der Waals surface area contributed by atoms with E-state index in [1.54, 1.807) is 6.92 Å². The topological polar surface area (TPSA) is 67.2 Å². The number of pyridine rings is 1. The van der Waals surface area contributed by atoms with Crippen LogP contribution in [0.1, 0.15) is 50.9 Å². The summed E-state index contributed by atoms with van der Waals surface area (Å²) < 4.78 is 2.29. The second kappa shape index (κ2) is 7.66. The second-order valence-electron chi connectivity index (χ2n) is 7.63. The lowest BCUT2D eigenvalue weighted by Gasteiger charge is -2.35. The Hall–Kier alpha value is -2.44. The number of hydrogen-bond donors (Lipinski definition) is 0. The van der Waals surface area contributed by atoms with Crippen LogP contribution in [0.15, 0.2) is 18.3 Å². The van der Waals surface area contributed by atoms with Crippen LogP contribution in [0.4, 0.5) is 5.69 Å². The van der Waals surface area contributed by atoms with E-state index in [9.17, 15) is 4.79 Å². The van der Waals surface area contributed by atoms with Crippen LogP contribution in [-0.4, -0.2) is 56.7 Å². The lowest BCUT2D eigenvalue weighted by molar-refractivity contribution is -0.129. The summed E-state index contributed by atoms with van der Waals surface area (Å²) in [7, 11) is 0. The molecule has 1 aliphatic carbocycles. The van der Waals surface area contributed by atoms with Crippen molar-refractivity contribution in [1.82, 2.24) is 24.6 Å². The lowest BCUT2D eigenvalue weighted by Crippen LogP contribution is -2.48. The molecule has 2 aliphatic rings. The third-order valence-corrected chi connectivity index (χ3v) is 5.87. The fraction of sp³-hybridized carbons (Fsp3) is 0.600. The number of rotatable bonds is 3. The standard InChI is InChI=1S/C20H28N6O/c1-15-22-23-20(26(15)17-6-4-3-5-7-17)19-14-18(8-9-21-19)25-12-10-24(11-13-25)16(2)27/h8-9,14,17H,3-7,10-13H2,1-2H3. The third-order valence-electron chi connectivity index (χ3n) is 5.87. The molecule has 2 aromatic rings. The Bertz CT molecular complexity index is 803. The molecule has 1 saturated carbocycles. The van der Waals surface area contributed by atoms with Gasteiger partial charge in [0.2, 0.25) is 5.91 Å². The van der Waals surface area contributed by atoms with E-state index in [2.05, 4.69) is 30.7 Å². The maximum absolute atomic E-state index is 11.6. The van der Waals surface area contributed by atoms with Crippen molar-refractivity contribution >= 4 is 11.6 Å². The molecular formula is C20H28N6O. The van der Waals surface area contributed by atoms with Gasteiger partial charge in [-0.15, -0.1) is 10.2 Å². The summed E-state index contributed by atoms with van der Waals surface area (Å²) in [5.74, 6) is 2.00. The molecule has 2 fully saturated rings. The highest BCUT2D eigenvalue weighted by Crippen LogP contribution is 2.33. The van der Waals surface area contributed by atoms with E-state index in [4.69, 9.17) is 0 Å². The number of amides is 1. The van der Waals surface area contributed by atoms with Crippen molar-refractivity contribution in [2.45, 2.75) is 52.0 Å². The van der Waals surface area contributed by atoms with Gasteiger partial charge in [-0.1, -0.05) is 19.3 Å². The van der Waals surface area contributed by atoms with Gasteiger partial charge in [0.05, 0.1) is 0 Å². The summed E-state index contributed by atoms with van der Waals surface area (Å²) in [6.45, 7) is 6.90. The molecule has 0 spiro atoms. The highest BCUT2D eigenvalue weighted by Gasteiger charge is 2.24. The van der Waals surface area contributed by atoms with E-state index in [0.717, 1.165) is 49.2 Å². The average molecular weight is 368 g/mol. The maximum atomic E-state index is 11.6. The van der Waals surface area contributed by atoms with Crippen molar-refractivity contribution < 1.29 is 4.79 Å². The molecule has 1 amide bonds. The Balaban J connectivity index is 1.58. The SMILES string of the molecule is CC(=O)N1CCN(c2ccnc(-c3nnc(C)n3C3CCCCC3)c2)CC1. The van der Waals surface area contributed by atoms with Crippen molar-refractivity contribution in [3.05, 3.63) is 24.2 Å². The Labute approximate surface area is 160 Å². The van der Waals surface area contributed by atoms with Crippen molar-refractivity contribution in [3.8, 4) is 11.5 Å². The number of carbonyl (C=O) groups excluding carboxylic acids is 1. The van der Waals surface area contributed by atoms with Crippen molar-refractivity contribution in [2.75, 3.05) is 31.1 Å². The van der Waals surface area contributed by atoms with Crippen molar-refractivity contribution in [2.24, 2.45) is 0 Å². The largest absolute Gasteiger partial charge is 0.368 e. The van der Waals surface area contributed by atoms with Gasteiger partial charge in [-0.2, -0.15) is 0 Å². The minimum Gasteiger partial charge on any atom is -0.368 e. The number of hydrogen-bond acceptors (Lipinski definition) is 5. The molecule has 0 bridgehead atoms. The maximum Gasteiger partial charge on any atom is 0.219 e. The summed E-state index contributed by atoms with van der Waals surface area (Å²) in [6, 6.07) is 4.64. The smallest absolute Gasteiger partial charge is 0.219 e. The first-order valence-corrected chi connectivity index (χ1v) is 10.0. The Morgan fingerprint density at radius 2 is 1.81 bits per heavy atom. The van der Waals surface area contributed by atoms with Crippen LogP contribution in [0.2, 0.25) is 0 Å². The molecule has 3 heterocycles. The van der Waals surface area contributed by atoms with Crippen LogP contribution < -0.4 is 4.90 Å². The monoisotopic (exact) mass is 368 g/mol. The van der Waals surface area contributed by atoms with E-state index in [1.165, 1.54) is 32.1 Å². The van der Waals surface area contributed by atoms with E-state index in [0.29, 0.717) is 6.04 Å². The Morgan fingerprint density at radius 1 is 1.07 bits per heavy atom. The first-order valence-electron chi connectivity index (χ1n) is 10.0. The van der Waals surface area contributed by atoms with Gasteiger partial charge in [-0.3, -0.25) is 9.78 Å². The van der Waals surface area contributed by atoms with Crippen LogP contribution in [-0.2, 0) is 4.79 Å². The highest BCUT2D eigenvalue weighted by atomic mass is 16.2. The zero-order valence-corrected chi connectivity index (χ0v) is 16.3. The van der Waals surface area contributed by atoms with Gasteiger partial charge in [0.15, 0.2) is 5.82 Å². The molecule has 0 unspecified atom stereocenters. The first-order chi connectivity index (χ1) is 13.1. The van der Waals surface area contributed by atoms with Crippen LogP contribution >= 0.6 is 0 Å². The number of nitrogens with zero attached hydrogens (tertiary/aromatic N) is 6. The number of piperazine rings is 1. The normalized spacial score (nSPS) is 18.7. The van der Waals surface area contributed by atoms with Crippen LogP contribution in [0.3, 0.4) is 0 Å². The number of carbonyl (C=O) groups is 1. The van der Waals surface area contributed by atoms with Gasteiger partial charge in [-0.05, 0) is 31.9 Å². The number of aromatic nitrogens is 4. The van der Waals surface area contributed by atoms with Crippen LogP contribution in [0.5, 0.6) is 0 Å². The molecular weight excluding hydrogens is 340 g/mol. The molecule has 7 heteroatoms. The van der Waals surface area contributed by atoms with E-state index >= 15 is 0 Å². The van der Waals surface area contributed by atoms with Gasteiger partial charge in [0.25, 0.3) is 0 Å². The average Bonchev–Trinajstić information content (AvgIpc) is 3.10. The van der Waals surface area contributed by atoms with Crippen LogP contribution in [0, 0.1) is 6.92 Å². The minimum atomic E-state index is 0.154. The molecule has 0 aromatic carbocycles. The zero-order chi connectivity index (χ0) is 18.8. The molecule has 0 radical (unpaired) electrons. The summed E-state index contributed by atoms with van der Waals surface area (Å²) in [6.07, 6.45) is 8.12. The predicted molar refractivity (Wildman–Crippen MR) is 105 cm³/mol. The molecule has 0 N–H and O–H groups in total. The second-order valence-corrected chi connectivity index (χ2v) is 7.63. The van der Waals surface area contributed by atoms with Gasteiger partial charge in [-0.25, -0.2) is 0 Å². The van der Waals surface area contributed by atoms with Crippen molar-refractivity contribution in [1.29, 1.82) is 0 Å². The molecule has 27 heavy (non-hydrogen) atoms. The Kier molecular flexibility index (Phi) is 5.09. The summed E-state index contributed by atoms with van der Waals surface area (Å²) in [5.41, 5.74) is 2.02. The highest BCUT2D eigenvalue weighted by molar-refractivity contribution is 5.73. The quantitative estimate of drug-likeness (QED) is 0.833. The third kappa shape index (κ3) is 3.68. The predicted octanol–water partition coefficient (Wildman–Crippen LogP) is 2.82. The summed E-state index contributed by atoms with van der Waals surface area (Å²) >= 11 is 0. The number of anilines is 1. The molecule has 2 aromatic heterocycles. The molecule has 7 nitrogen and oxygen atoms in total. The Morgan fingerprint density at radius 3 is 2.52 bits per heavy atom. The van der Waals surface area contributed by atoms with Crippen LogP contribution in [0.25, 0.3) is 11.5 Å². The molecule has 4 rings (SSSR count). The lowest BCUT2D eigenvalue weighted by atomic mass is 9.95. The van der Waals surface area contributed by atoms with Gasteiger partial charge < -0.3 is 14.4 Å². The molecule has 1 aliphatic heterocycles. The van der Waals surface area contributed by atoms with E-state index in [-0.39, 0.29) is 5.91 Å². The van der Waals surface area contributed by atoms with Crippen molar-refractivity contribution in [3.63, 3.8) is 0 Å². The molecule has 144 valence electrons. The molecule has 1 saturated heterocycles. The summed E-state index contributed by atoms with van der Waals surface area (Å²) in [5, 5.41) is 8.82. The zero-order valence-electron chi connectivity index (χ0n) is 16.3. The van der Waals surface area contributed by atoms with E-state index in [1.807, 2.05) is 24.1 Å². The minimum absolute atomic E-state index is 0.154. The fourth-order valence-corrected chi connectivity index (χ4v) is 4.34. The molecule has 0 atom stereocenters. The van der Waals surface area contributed by atoms with Gasteiger partial charge in [0, 0.05) is 51.0 Å². The number of aryl methyl sites for hydroxylation is 1. The fourth-order valence-electron chi connectivity index (χ4n) is 4.34. The van der Waals surface area contributed by atoms with Gasteiger partial charge in [0.1, 0.15) is 11.5 Å². The van der Waals surface area contributed by atoms with Gasteiger partial charge >= 0.3 is 0 Å².